The van der Waals surface area contributed by atoms with E-state index >= 15 is 0 Å². The van der Waals surface area contributed by atoms with Crippen molar-refractivity contribution in [3.63, 3.8) is 0 Å². The van der Waals surface area contributed by atoms with Crippen LogP contribution < -0.4 is 45.7 Å². The number of fused-ring (bicyclic) bond motifs is 2. The van der Waals surface area contributed by atoms with Gasteiger partial charge in [-0.05, 0) is 5.57 Å². The number of nitrogens with zero attached hydrogens (tertiary/aromatic N) is 7. The summed E-state index contributed by atoms with van der Waals surface area (Å²) in [5.41, 5.74) is 6.03. The third kappa shape index (κ3) is 4.98. The summed E-state index contributed by atoms with van der Waals surface area (Å²) >= 11 is 5.11. The van der Waals surface area contributed by atoms with Crippen molar-refractivity contribution >= 4 is 79.8 Å². The van der Waals surface area contributed by atoms with E-state index in [1.807, 2.05) is 0 Å². The molecule has 19 heteroatoms. The number of nitrogen functional groups attached to an aromatic ring is 1. The average molecular weight is 576 g/mol. The second-order valence-corrected chi connectivity index (χ2v) is 11.2. The molecule has 0 saturated carbocycles. The molecular formula is C17H14N9NaO5S4. The second kappa shape index (κ2) is 11.0. The molecule has 2 aliphatic rings. The summed E-state index contributed by atoms with van der Waals surface area (Å²) in [7, 11) is 1.27. The molecule has 0 radical (unpaired) electrons. The SMILES string of the molecule is CO/N=C(\C(=O)N[C@@H]1C(=O)N2C(C(=O)[O-])=C(CSc3nn4cnnc4s3)CS[C@H]12)c1csc(N)n1.[Na+]. The van der Waals surface area contributed by atoms with Crippen molar-refractivity contribution in [3.8, 4) is 0 Å². The second-order valence-electron chi connectivity index (χ2n) is 7.01. The Morgan fingerprint density at radius 3 is 2.92 bits per heavy atom. The Balaban J connectivity index is 0.00000304. The Bertz CT molecular complexity index is 1370. The number of hydrogen-bond acceptors (Lipinski definition) is 15. The van der Waals surface area contributed by atoms with Gasteiger partial charge >= 0.3 is 29.6 Å². The summed E-state index contributed by atoms with van der Waals surface area (Å²) in [6.07, 6.45) is 1.47. The quantitative estimate of drug-likeness (QED) is 0.0866. The minimum Gasteiger partial charge on any atom is -0.543 e. The van der Waals surface area contributed by atoms with Crippen LogP contribution in [-0.4, -0.2) is 83.2 Å². The van der Waals surface area contributed by atoms with Gasteiger partial charge in [0.05, 0.1) is 11.7 Å². The van der Waals surface area contributed by atoms with Crippen LogP contribution in [0, 0.1) is 0 Å². The number of carboxylic acid groups (broad SMARTS) is 1. The number of carboxylic acids is 1. The maximum Gasteiger partial charge on any atom is 1.00 e. The smallest absolute Gasteiger partial charge is 0.543 e. The van der Waals surface area contributed by atoms with Gasteiger partial charge in [-0.1, -0.05) is 28.3 Å². The molecule has 0 aromatic carbocycles. The largest absolute Gasteiger partial charge is 1.00 e. The van der Waals surface area contributed by atoms with E-state index in [2.05, 4.69) is 30.8 Å². The number of β-lactam (4-membered cyclic amide) rings is 1. The number of carbonyl (C=O) groups excluding carboxylic acids is 3. The summed E-state index contributed by atoms with van der Waals surface area (Å²) in [4.78, 5) is 48.2. The number of nitrogens with two attached hydrogens (primary N) is 1. The molecule has 5 rings (SSSR count). The van der Waals surface area contributed by atoms with Gasteiger partial charge in [-0.15, -0.1) is 38.4 Å². The van der Waals surface area contributed by atoms with Crippen molar-refractivity contribution in [2.45, 2.75) is 15.8 Å². The van der Waals surface area contributed by atoms with E-state index < -0.39 is 29.2 Å². The average Bonchev–Trinajstić information content (AvgIpc) is 3.55. The molecule has 5 heterocycles. The van der Waals surface area contributed by atoms with Crippen LogP contribution in [0.5, 0.6) is 0 Å². The predicted molar refractivity (Wildman–Crippen MR) is 127 cm³/mol. The molecule has 0 aliphatic carbocycles. The molecule has 3 N–H and O–H groups in total. The van der Waals surface area contributed by atoms with Crippen LogP contribution in [0.4, 0.5) is 5.13 Å². The fourth-order valence-corrected chi connectivity index (χ4v) is 7.33. The Labute approximate surface area is 241 Å². The first-order valence-corrected chi connectivity index (χ1v) is 13.4. The monoisotopic (exact) mass is 575 g/mol. The summed E-state index contributed by atoms with van der Waals surface area (Å²) in [5.74, 6) is -2.08. The zero-order valence-electron chi connectivity index (χ0n) is 18.6. The summed E-state index contributed by atoms with van der Waals surface area (Å²) in [6, 6.07) is -0.951. The molecule has 36 heavy (non-hydrogen) atoms. The summed E-state index contributed by atoms with van der Waals surface area (Å²) < 4.78 is 2.21. The Hall–Kier alpha value is -2.22. The molecular weight excluding hydrogens is 562 g/mol. The molecule has 2 aliphatic heterocycles. The number of aromatic nitrogens is 5. The van der Waals surface area contributed by atoms with E-state index in [4.69, 9.17) is 10.6 Å². The van der Waals surface area contributed by atoms with Crippen LogP contribution in [0.2, 0.25) is 0 Å². The maximum atomic E-state index is 12.9. The number of thioether (sulfide) groups is 2. The Morgan fingerprint density at radius 1 is 1.44 bits per heavy atom. The fraction of sp³-hybridized carbons (Fsp3) is 0.294. The third-order valence-corrected chi connectivity index (χ3v) is 9.07. The van der Waals surface area contributed by atoms with E-state index in [0.717, 1.165) is 16.2 Å². The van der Waals surface area contributed by atoms with Crippen LogP contribution in [-0.2, 0) is 19.2 Å². The first-order chi connectivity index (χ1) is 16.9. The van der Waals surface area contributed by atoms with Crippen LogP contribution in [0.15, 0.2) is 32.5 Å². The van der Waals surface area contributed by atoms with Gasteiger partial charge in [0.2, 0.25) is 4.96 Å². The van der Waals surface area contributed by atoms with Gasteiger partial charge in [0.25, 0.3) is 11.8 Å². The number of amides is 2. The van der Waals surface area contributed by atoms with Crippen LogP contribution >= 0.6 is 46.2 Å². The molecule has 3 aromatic heterocycles. The molecule has 3 aromatic rings. The number of nitrogens with one attached hydrogen (secondary N) is 1. The van der Waals surface area contributed by atoms with Gasteiger partial charge < -0.3 is 25.8 Å². The number of oxime groups is 1. The van der Waals surface area contributed by atoms with Gasteiger partial charge in [-0.25, -0.2) is 4.98 Å². The fourth-order valence-electron chi connectivity index (χ4n) is 3.43. The van der Waals surface area contributed by atoms with Gasteiger partial charge in [0.15, 0.2) is 15.2 Å². The standard InChI is InChI=1S/C17H15N9O5S4.Na/c1-31-24-8(7-4-33-15(18)20-7)11(27)21-9-12(28)26-10(14(29)30)6(2-32-13(9)26)3-34-17-23-25-5-19-22-16(25)35-17;/h4-5,9,13H,2-3H2,1H3,(H2,18,20)(H,21,27)(H,29,30);/q;+1/p-1/b24-8-;/t9-,13-;/m1./s1. The van der Waals surface area contributed by atoms with Gasteiger partial charge in [-0.2, -0.15) is 4.52 Å². The van der Waals surface area contributed by atoms with Crippen molar-refractivity contribution in [1.82, 2.24) is 35.0 Å². The predicted octanol–water partition coefficient (Wildman–Crippen LogP) is -4.22. The zero-order chi connectivity index (χ0) is 24.7. The molecule has 14 nitrogen and oxygen atoms in total. The number of hydrogen-bond donors (Lipinski definition) is 2. The zero-order valence-corrected chi connectivity index (χ0v) is 23.9. The van der Waals surface area contributed by atoms with E-state index in [9.17, 15) is 19.5 Å². The molecule has 182 valence electrons. The molecule has 0 unspecified atom stereocenters. The van der Waals surface area contributed by atoms with E-state index in [1.54, 1.807) is 0 Å². The summed E-state index contributed by atoms with van der Waals surface area (Å²) in [5, 5.41) is 31.4. The number of carbonyl (C=O) groups is 3. The maximum absolute atomic E-state index is 12.9. The molecule has 0 spiro atoms. The van der Waals surface area contributed by atoms with Crippen molar-refractivity contribution in [2.75, 3.05) is 24.3 Å². The first-order valence-electron chi connectivity index (χ1n) is 9.68. The number of thiazole rings is 1. The minimum absolute atomic E-state index is 0. The summed E-state index contributed by atoms with van der Waals surface area (Å²) in [6.45, 7) is 0. The van der Waals surface area contributed by atoms with Gasteiger partial charge in [0, 0.05) is 16.9 Å². The normalized spacial score (nSPS) is 19.5. The van der Waals surface area contributed by atoms with Gasteiger partial charge in [-0.3, -0.25) is 14.5 Å². The third-order valence-electron chi connectivity index (χ3n) is 4.93. The van der Waals surface area contributed by atoms with E-state index in [1.165, 1.54) is 58.2 Å². The molecule has 1 saturated heterocycles. The van der Waals surface area contributed by atoms with Crippen molar-refractivity contribution in [2.24, 2.45) is 5.16 Å². The number of rotatable bonds is 8. The molecule has 0 bridgehead atoms. The topological polar surface area (TPSA) is 193 Å². The number of aliphatic carboxylic acids is 1. The van der Waals surface area contributed by atoms with Crippen molar-refractivity contribution in [1.29, 1.82) is 0 Å². The Morgan fingerprint density at radius 2 is 2.25 bits per heavy atom. The number of anilines is 1. The van der Waals surface area contributed by atoms with Crippen molar-refractivity contribution in [3.05, 3.63) is 28.7 Å². The van der Waals surface area contributed by atoms with E-state index in [0.29, 0.717) is 26.4 Å². The Kier molecular flexibility index (Phi) is 8.22. The van der Waals surface area contributed by atoms with Crippen LogP contribution in [0.25, 0.3) is 4.96 Å². The molecule has 1 fully saturated rings. The van der Waals surface area contributed by atoms with Crippen LogP contribution in [0.3, 0.4) is 0 Å². The van der Waals surface area contributed by atoms with Crippen LogP contribution in [0.1, 0.15) is 5.69 Å². The molecule has 2 amide bonds. The molecule has 2 atom stereocenters. The minimum atomic E-state index is -1.46. The van der Waals surface area contributed by atoms with Crippen molar-refractivity contribution < 1.29 is 53.9 Å². The van der Waals surface area contributed by atoms with E-state index in [-0.39, 0.29) is 51.8 Å². The first kappa shape index (κ1) is 26.8. The van der Waals surface area contributed by atoms with Gasteiger partial charge in [0.1, 0.15) is 30.5 Å².